The molecule has 0 amide bonds. The Labute approximate surface area is 122 Å². The summed E-state index contributed by atoms with van der Waals surface area (Å²) in [5, 5.41) is 17.7. The zero-order valence-corrected chi connectivity index (χ0v) is 11.5. The molecule has 1 heterocycles. The number of nitrogens with two attached hydrogens (primary N) is 1. The van der Waals surface area contributed by atoms with Crippen molar-refractivity contribution in [2.75, 3.05) is 0 Å². The van der Waals surface area contributed by atoms with Crippen molar-refractivity contribution in [3.8, 4) is 22.5 Å². The van der Waals surface area contributed by atoms with Gasteiger partial charge in [-0.05, 0) is 5.56 Å². The van der Waals surface area contributed by atoms with E-state index in [0.717, 1.165) is 28.1 Å². The first-order chi connectivity index (χ1) is 10.3. The Kier molecular flexibility index (Phi) is 3.77. The molecular formula is C16H16N4O. The Morgan fingerprint density at radius 2 is 1.67 bits per heavy atom. The van der Waals surface area contributed by atoms with Gasteiger partial charge in [-0.25, -0.2) is 4.68 Å². The van der Waals surface area contributed by atoms with Gasteiger partial charge in [0.2, 0.25) is 0 Å². The maximum Gasteiger partial charge on any atom is 0.138 e. The topological polar surface area (TPSA) is 77.0 Å². The normalized spacial score (nSPS) is 10.8. The van der Waals surface area contributed by atoms with Crippen LogP contribution < -0.4 is 5.73 Å². The first-order valence-electron chi connectivity index (χ1n) is 6.72. The molecule has 5 nitrogen and oxygen atoms in total. The number of aliphatic hydroxyl groups is 1. The van der Waals surface area contributed by atoms with Gasteiger partial charge in [0.25, 0.3) is 0 Å². The fraction of sp³-hybridized carbons (Fsp3) is 0.125. The highest BCUT2D eigenvalue weighted by atomic mass is 16.3. The van der Waals surface area contributed by atoms with Crippen LogP contribution in [0.4, 0.5) is 0 Å². The molecule has 5 heteroatoms. The van der Waals surface area contributed by atoms with Crippen LogP contribution in [-0.4, -0.2) is 20.1 Å². The monoisotopic (exact) mass is 280 g/mol. The van der Waals surface area contributed by atoms with Crippen LogP contribution in [0.3, 0.4) is 0 Å². The summed E-state index contributed by atoms with van der Waals surface area (Å²) in [5.41, 5.74) is 10.2. The summed E-state index contributed by atoms with van der Waals surface area (Å²) in [6.45, 7) is 0.299. The predicted octanol–water partition coefficient (Wildman–Crippen LogP) is 2.02. The van der Waals surface area contributed by atoms with Crippen LogP contribution >= 0.6 is 0 Å². The second kappa shape index (κ2) is 5.87. The molecule has 0 aliphatic heterocycles. The average molecular weight is 280 g/mol. The van der Waals surface area contributed by atoms with Crippen molar-refractivity contribution < 1.29 is 5.11 Å². The lowest BCUT2D eigenvalue weighted by atomic mass is 10.0. The molecule has 106 valence electrons. The number of hydrogen-bond acceptors (Lipinski definition) is 4. The van der Waals surface area contributed by atoms with E-state index in [1.807, 2.05) is 54.6 Å². The third-order valence-corrected chi connectivity index (χ3v) is 3.38. The zero-order chi connectivity index (χ0) is 14.7. The highest BCUT2D eigenvalue weighted by molar-refractivity contribution is 5.77. The van der Waals surface area contributed by atoms with E-state index in [2.05, 4.69) is 10.3 Å². The summed E-state index contributed by atoms with van der Waals surface area (Å²) in [7, 11) is 0. The fourth-order valence-electron chi connectivity index (χ4n) is 2.29. The number of benzene rings is 2. The molecule has 21 heavy (non-hydrogen) atoms. The van der Waals surface area contributed by atoms with Gasteiger partial charge in [-0.3, -0.25) is 0 Å². The van der Waals surface area contributed by atoms with E-state index in [-0.39, 0.29) is 6.73 Å². The molecule has 3 aromatic rings. The van der Waals surface area contributed by atoms with E-state index in [9.17, 15) is 5.11 Å². The molecule has 0 spiro atoms. The molecule has 0 aliphatic rings. The van der Waals surface area contributed by atoms with Crippen LogP contribution in [0.25, 0.3) is 22.5 Å². The fourth-order valence-corrected chi connectivity index (χ4v) is 2.29. The molecule has 0 radical (unpaired) electrons. The number of aromatic nitrogens is 3. The van der Waals surface area contributed by atoms with Crippen LogP contribution in [0.15, 0.2) is 54.6 Å². The number of rotatable bonds is 4. The number of aliphatic hydroxyl groups excluding tert-OH is 1. The van der Waals surface area contributed by atoms with E-state index in [1.165, 1.54) is 4.68 Å². The minimum absolute atomic E-state index is 0.210. The average Bonchev–Trinajstić information content (AvgIpc) is 2.99. The van der Waals surface area contributed by atoms with Crippen molar-refractivity contribution in [1.82, 2.24) is 15.0 Å². The molecule has 0 fully saturated rings. The van der Waals surface area contributed by atoms with Crippen molar-refractivity contribution in [3.63, 3.8) is 0 Å². The van der Waals surface area contributed by atoms with E-state index in [4.69, 9.17) is 5.73 Å². The minimum atomic E-state index is -0.210. The quantitative estimate of drug-likeness (QED) is 0.766. The van der Waals surface area contributed by atoms with Crippen LogP contribution in [0.1, 0.15) is 5.56 Å². The highest BCUT2D eigenvalue weighted by Gasteiger charge is 2.15. The molecule has 0 saturated carbocycles. The van der Waals surface area contributed by atoms with Gasteiger partial charge in [0.05, 0.1) is 5.69 Å². The molecule has 1 aromatic heterocycles. The van der Waals surface area contributed by atoms with E-state index >= 15 is 0 Å². The minimum Gasteiger partial charge on any atom is -0.374 e. The van der Waals surface area contributed by atoms with Gasteiger partial charge in [-0.15, -0.1) is 5.10 Å². The van der Waals surface area contributed by atoms with Crippen molar-refractivity contribution >= 4 is 0 Å². The van der Waals surface area contributed by atoms with Crippen LogP contribution in [0, 0.1) is 0 Å². The third kappa shape index (κ3) is 2.56. The Hall–Kier alpha value is -2.50. The molecule has 0 unspecified atom stereocenters. The van der Waals surface area contributed by atoms with Gasteiger partial charge in [0.1, 0.15) is 12.4 Å². The van der Waals surface area contributed by atoms with Crippen LogP contribution in [-0.2, 0) is 13.3 Å². The van der Waals surface area contributed by atoms with Gasteiger partial charge in [0.15, 0.2) is 0 Å². The highest BCUT2D eigenvalue weighted by Crippen LogP contribution is 2.30. The summed E-state index contributed by atoms with van der Waals surface area (Å²) in [5.74, 6) is 0. The molecular weight excluding hydrogens is 264 g/mol. The van der Waals surface area contributed by atoms with Gasteiger partial charge in [-0.1, -0.05) is 59.8 Å². The smallest absolute Gasteiger partial charge is 0.138 e. The summed E-state index contributed by atoms with van der Waals surface area (Å²) in [4.78, 5) is 0. The predicted molar refractivity (Wildman–Crippen MR) is 81.0 cm³/mol. The Bertz CT molecular complexity index is 720. The lowest BCUT2D eigenvalue weighted by molar-refractivity contribution is 0.194. The largest absolute Gasteiger partial charge is 0.374 e. The Morgan fingerprint density at radius 1 is 0.952 bits per heavy atom. The molecule has 0 bridgehead atoms. The maximum atomic E-state index is 9.47. The van der Waals surface area contributed by atoms with Gasteiger partial charge in [0, 0.05) is 17.7 Å². The van der Waals surface area contributed by atoms with Gasteiger partial charge >= 0.3 is 0 Å². The van der Waals surface area contributed by atoms with Gasteiger partial charge in [-0.2, -0.15) is 0 Å². The molecule has 0 aliphatic carbocycles. The van der Waals surface area contributed by atoms with Crippen molar-refractivity contribution in [2.24, 2.45) is 5.73 Å². The third-order valence-electron chi connectivity index (χ3n) is 3.38. The lowest BCUT2D eigenvalue weighted by Gasteiger charge is -2.06. The lowest BCUT2D eigenvalue weighted by Crippen LogP contribution is -2.01. The molecule has 0 atom stereocenters. The maximum absolute atomic E-state index is 9.47. The molecule has 0 saturated heterocycles. The Balaban J connectivity index is 2.12. The van der Waals surface area contributed by atoms with E-state index in [1.54, 1.807) is 0 Å². The zero-order valence-electron chi connectivity index (χ0n) is 11.5. The summed E-state index contributed by atoms with van der Waals surface area (Å²) in [6.07, 6.45) is 0. The SMILES string of the molecule is NCc1ccc(-c2nnn(CO)c2-c2ccccc2)cc1. The molecule has 3 rings (SSSR count). The second-order valence-electron chi connectivity index (χ2n) is 4.69. The first-order valence-corrected chi connectivity index (χ1v) is 6.72. The van der Waals surface area contributed by atoms with E-state index in [0.29, 0.717) is 6.54 Å². The number of nitrogens with zero attached hydrogens (tertiary/aromatic N) is 3. The second-order valence-corrected chi connectivity index (χ2v) is 4.69. The van der Waals surface area contributed by atoms with Crippen LogP contribution in [0.5, 0.6) is 0 Å². The summed E-state index contributed by atoms with van der Waals surface area (Å²) >= 11 is 0. The molecule has 2 aromatic carbocycles. The summed E-state index contributed by atoms with van der Waals surface area (Å²) in [6, 6.07) is 17.7. The number of hydrogen-bond donors (Lipinski definition) is 2. The molecule has 3 N–H and O–H groups in total. The van der Waals surface area contributed by atoms with Crippen molar-refractivity contribution in [1.29, 1.82) is 0 Å². The van der Waals surface area contributed by atoms with Crippen molar-refractivity contribution in [3.05, 3.63) is 60.2 Å². The Morgan fingerprint density at radius 3 is 2.29 bits per heavy atom. The van der Waals surface area contributed by atoms with Crippen LogP contribution in [0.2, 0.25) is 0 Å². The first kappa shape index (κ1) is 13.5. The summed E-state index contributed by atoms with van der Waals surface area (Å²) < 4.78 is 1.49. The van der Waals surface area contributed by atoms with Gasteiger partial charge < -0.3 is 10.8 Å². The van der Waals surface area contributed by atoms with E-state index < -0.39 is 0 Å². The van der Waals surface area contributed by atoms with Crippen molar-refractivity contribution in [2.45, 2.75) is 13.3 Å². The standard InChI is InChI=1S/C16H16N4O/c17-10-12-6-8-13(9-7-12)15-16(20(11-21)19-18-15)14-4-2-1-3-5-14/h1-9,21H,10-11,17H2.